The molecule has 0 saturated heterocycles. The minimum Gasteiger partial charge on any atom is -0.610 e. The zero-order chi connectivity index (χ0) is 13.1. The van der Waals surface area contributed by atoms with Gasteiger partial charge in [-0.25, -0.2) is 0 Å². The van der Waals surface area contributed by atoms with Gasteiger partial charge < -0.3 is 14.4 Å². The van der Waals surface area contributed by atoms with Crippen LogP contribution in [0.25, 0.3) is 0 Å². The quantitative estimate of drug-likeness (QED) is 0.612. The molecule has 100 valence electrons. The Morgan fingerprint density at radius 1 is 1.44 bits per heavy atom. The highest BCUT2D eigenvalue weighted by Gasteiger charge is 2.28. The number of benzene rings is 1. The summed E-state index contributed by atoms with van der Waals surface area (Å²) in [5.74, 6) is 1.28. The van der Waals surface area contributed by atoms with Crippen molar-refractivity contribution < 1.29 is 4.55 Å². The molecule has 0 spiro atoms. The lowest BCUT2D eigenvalue weighted by molar-refractivity contribution is 0.359. The van der Waals surface area contributed by atoms with Crippen LogP contribution >= 0.6 is 11.6 Å². The molecule has 1 aromatic rings. The molecule has 0 N–H and O–H groups in total. The van der Waals surface area contributed by atoms with E-state index in [-0.39, 0.29) is 0 Å². The van der Waals surface area contributed by atoms with E-state index in [1.807, 2.05) is 7.05 Å². The zero-order valence-electron chi connectivity index (χ0n) is 10.9. The Hall–Kier alpha value is -0.420. The molecule has 3 nitrogen and oxygen atoms in total. The van der Waals surface area contributed by atoms with Crippen LogP contribution < -0.4 is 4.90 Å². The molecular weight excluding hydrogens is 268 g/mol. The largest absolute Gasteiger partial charge is 0.610 e. The molecule has 0 radical (unpaired) electrons. The van der Waals surface area contributed by atoms with E-state index in [2.05, 4.69) is 35.0 Å². The van der Waals surface area contributed by atoms with Crippen molar-refractivity contribution >= 4 is 28.5 Å². The fourth-order valence-corrected chi connectivity index (χ4v) is 3.76. The first-order chi connectivity index (χ1) is 8.61. The number of halogens is 1. The first kappa shape index (κ1) is 14.0. The van der Waals surface area contributed by atoms with Crippen molar-refractivity contribution in [2.24, 2.45) is 0 Å². The number of nitrogens with zero attached hydrogens (tertiary/aromatic N) is 2. The molecule has 5 heteroatoms. The standard InChI is InChI=1S/C13H19ClN2OS/c1-15(8-6-14)7-5-11-3-4-12-13(9-11)18(17)10-16(12)2/h3-4,9H,5-8,10H2,1-2H3. The number of likely N-dealkylation sites (N-methyl/N-ethyl adjacent to an activating group) is 1. The van der Waals surface area contributed by atoms with Crippen LogP contribution in [0.15, 0.2) is 23.1 Å². The second-order valence-electron chi connectivity index (χ2n) is 4.72. The van der Waals surface area contributed by atoms with Crippen LogP contribution in [0.1, 0.15) is 5.56 Å². The monoisotopic (exact) mass is 286 g/mol. The highest BCUT2D eigenvalue weighted by Crippen LogP contribution is 2.33. The van der Waals surface area contributed by atoms with Gasteiger partial charge >= 0.3 is 0 Å². The summed E-state index contributed by atoms with van der Waals surface area (Å²) in [5.41, 5.74) is 2.35. The van der Waals surface area contributed by atoms with Crippen LogP contribution in [0.5, 0.6) is 0 Å². The van der Waals surface area contributed by atoms with Crippen LogP contribution in [0, 0.1) is 0 Å². The summed E-state index contributed by atoms with van der Waals surface area (Å²) in [7, 11) is 4.05. The maximum Gasteiger partial charge on any atom is 0.183 e. The molecule has 1 unspecified atom stereocenters. The highest BCUT2D eigenvalue weighted by atomic mass is 35.5. The SMILES string of the molecule is CN(CCCl)CCc1ccc2c(c1)[S+]([O-])CN2C. The Bertz CT molecular complexity index is 416. The average Bonchev–Trinajstić information content (AvgIpc) is 2.63. The average molecular weight is 287 g/mol. The van der Waals surface area contributed by atoms with Crippen LogP contribution in [0.4, 0.5) is 5.69 Å². The maximum absolute atomic E-state index is 11.9. The van der Waals surface area contributed by atoms with E-state index >= 15 is 0 Å². The molecule has 0 saturated carbocycles. The van der Waals surface area contributed by atoms with Gasteiger partial charge in [-0.1, -0.05) is 6.07 Å². The number of hydrogen-bond donors (Lipinski definition) is 0. The number of fused-ring (bicyclic) bond motifs is 1. The first-order valence-corrected chi connectivity index (χ1v) is 7.94. The molecule has 2 rings (SSSR count). The van der Waals surface area contributed by atoms with E-state index in [9.17, 15) is 4.55 Å². The Labute approximate surface area is 117 Å². The molecule has 0 aliphatic carbocycles. The summed E-state index contributed by atoms with van der Waals surface area (Å²) in [6.07, 6.45) is 0.974. The van der Waals surface area contributed by atoms with Crippen molar-refractivity contribution in [1.29, 1.82) is 0 Å². The summed E-state index contributed by atoms with van der Waals surface area (Å²) in [6.45, 7) is 1.88. The van der Waals surface area contributed by atoms with E-state index in [0.29, 0.717) is 11.8 Å². The Morgan fingerprint density at radius 3 is 2.94 bits per heavy atom. The summed E-state index contributed by atoms with van der Waals surface area (Å²) in [6, 6.07) is 6.30. The van der Waals surface area contributed by atoms with E-state index in [4.69, 9.17) is 11.6 Å². The lowest BCUT2D eigenvalue weighted by atomic mass is 10.1. The third-order valence-electron chi connectivity index (χ3n) is 3.24. The predicted molar refractivity (Wildman–Crippen MR) is 78.0 cm³/mol. The van der Waals surface area contributed by atoms with Crippen molar-refractivity contribution in [3.8, 4) is 0 Å². The lowest BCUT2D eigenvalue weighted by Crippen LogP contribution is -2.23. The second kappa shape index (κ2) is 6.15. The van der Waals surface area contributed by atoms with Gasteiger partial charge in [-0.3, -0.25) is 0 Å². The Morgan fingerprint density at radius 2 is 2.22 bits per heavy atom. The topological polar surface area (TPSA) is 29.5 Å². The molecule has 0 fully saturated rings. The van der Waals surface area contributed by atoms with E-state index in [1.54, 1.807) is 0 Å². The molecule has 1 heterocycles. The summed E-state index contributed by atoms with van der Waals surface area (Å²) in [4.78, 5) is 5.24. The van der Waals surface area contributed by atoms with E-state index in [1.165, 1.54) is 5.56 Å². The number of alkyl halides is 1. The Kier molecular flexibility index (Phi) is 4.78. The van der Waals surface area contributed by atoms with Crippen molar-refractivity contribution in [1.82, 2.24) is 4.90 Å². The minimum atomic E-state index is -0.865. The van der Waals surface area contributed by atoms with E-state index in [0.717, 1.165) is 30.1 Å². The van der Waals surface area contributed by atoms with Gasteiger partial charge in [0, 0.05) is 37.2 Å². The summed E-state index contributed by atoms with van der Waals surface area (Å²) in [5, 5.41) is 0. The molecule has 1 aliphatic heterocycles. The zero-order valence-corrected chi connectivity index (χ0v) is 12.4. The van der Waals surface area contributed by atoms with Gasteiger partial charge in [-0.05, 0) is 31.2 Å². The van der Waals surface area contributed by atoms with Gasteiger partial charge in [0.1, 0.15) is 0 Å². The molecule has 0 aromatic heterocycles. The van der Waals surface area contributed by atoms with Crippen LogP contribution in [0.3, 0.4) is 0 Å². The summed E-state index contributed by atoms with van der Waals surface area (Å²) >= 11 is 4.84. The smallest absolute Gasteiger partial charge is 0.183 e. The Balaban J connectivity index is 2.01. The second-order valence-corrected chi connectivity index (χ2v) is 6.48. The molecular formula is C13H19ClN2OS. The molecule has 1 atom stereocenters. The molecule has 18 heavy (non-hydrogen) atoms. The maximum atomic E-state index is 11.9. The lowest BCUT2D eigenvalue weighted by Gasteiger charge is -2.14. The fraction of sp³-hybridized carbons (Fsp3) is 0.538. The minimum absolute atomic E-state index is 0.616. The van der Waals surface area contributed by atoms with Gasteiger partial charge in [-0.2, -0.15) is 0 Å². The molecule has 1 aromatic carbocycles. The highest BCUT2D eigenvalue weighted by molar-refractivity contribution is 7.92. The first-order valence-electron chi connectivity index (χ1n) is 6.09. The van der Waals surface area contributed by atoms with Gasteiger partial charge in [-0.15, -0.1) is 11.6 Å². The molecule has 0 bridgehead atoms. The van der Waals surface area contributed by atoms with Gasteiger partial charge in [0.2, 0.25) is 0 Å². The fourth-order valence-electron chi connectivity index (χ4n) is 2.10. The molecule has 0 amide bonds. The van der Waals surface area contributed by atoms with Crippen molar-refractivity contribution in [2.75, 3.05) is 43.8 Å². The van der Waals surface area contributed by atoms with Crippen molar-refractivity contribution in [2.45, 2.75) is 11.3 Å². The normalized spacial score (nSPS) is 18.5. The van der Waals surface area contributed by atoms with Crippen LogP contribution in [-0.2, 0) is 17.6 Å². The third-order valence-corrected chi connectivity index (χ3v) is 4.85. The number of rotatable bonds is 5. The number of hydrogen-bond acceptors (Lipinski definition) is 3. The van der Waals surface area contributed by atoms with Gasteiger partial charge in [0.05, 0.1) is 5.69 Å². The van der Waals surface area contributed by atoms with E-state index < -0.39 is 11.2 Å². The van der Waals surface area contributed by atoms with Gasteiger partial charge in [0.15, 0.2) is 10.8 Å². The van der Waals surface area contributed by atoms with Crippen LogP contribution in [-0.4, -0.2) is 48.4 Å². The molecule has 1 aliphatic rings. The number of anilines is 1. The van der Waals surface area contributed by atoms with Crippen LogP contribution in [0.2, 0.25) is 0 Å². The predicted octanol–water partition coefficient (Wildman–Crippen LogP) is 1.91. The van der Waals surface area contributed by atoms with Crippen molar-refractivity contribution in [3.63, 3.8) is 0 Å². The third kappa shape index (κ3) is 3.12. The van der Waals surface area contributed by atoms with Crippen molar-refractivity contribution in [3.05, 3.63) is 23.8 Å². The summed E-state index contributed by atoms with van der Waals surface area (Å²) < 4.78 is 11.9. The van der Waals surface area contributed by atoms with Gasteiger partial charge in [0.25, 0.3) is 0 Å².